The Morgan fingerprint density at radius 1 is 1.09 bits per heavy atom. The molecule has 0 bridgehead atoms. The standard InChI is InChI=1S/C30H50O3Si/c1-22(14-12-15-23(2)33-34(7,8)29(3,4)5)25-19-20-26-27(18-13-21-30(25,26)6)32-28(31)24-16-10-9-11-17-24/h9-11,16-17,22-23,25-27H,12-15,18-21H2,1-8H3/t22-,23+,25-,26+,27+,30-/m1/s1. The molecule has 0 aliphatic heterocycles. The van der Waals surface area contributed by atoms with E-state index in [4.69, 9.17) is 9.16 Å². The van der Waals surface area contributed by atoms with Crippen LogP contribution in [-0.4, -0.2) is 26.5 Å². The molecule has 0 amide bonds. The molecule has 0 spiro atoms. The first-order valence-corrected chi connectivity index (χ1v) is 16.7. The van der Waals surface area contributed by atoms with Crippen molar-refractivity contribution in [2.24, 2.45) is 23.2 Å². The predicted molar refractivity (Wildman–Crippen MR) is 145 cm³/mol. The lowest BCUT2D eigenvalue weighted by Gasteiger charge is -2.46. The Hall–Kier alpha value is -1.13. The summed E-state index contributed by atoms with van der Waals surface area (Å²) in [6.45, 7) is 18.9. The van der Waals surface area contributed by atoms with E-state index in [1.807, 2.05) is 30.3 Å². The Bertz CT molecular complexity index is 799. The Balaban J connectivity index is 1.53. The summed E-state index contributed by atoms with van der Waals surface area (Å²) < 4.78 is 12.7. The number of fused-ring (bicyclic) bond motifs is 1. The van der Waals surface area contributed by atoms with Crippen LogP contribution >= 0.6 is 0 Å². The van der Waals surface area contributed by atoms with Crippen molar-refractivity contribution in [3.05, 3.63) is 35.9 Å². The first kappa shape index (κ1) is 27.5. The summed E-state index contributed by atoms with van der Waals surface area (Å²) in [6.07, 6.45) is 10.0. The van der Waals surface area contributed by atoms with Crippen molar-refractivity contribution in [3.63, 3.8) is 0 Å². The van der Waals surface area contributed by atoms with Crippen LogP contribution in [-0.2, 0) is 9.16 Å². The quantitative estimate of drug-likeness (QED) is 0.259. The molecule has 3 nitrogen and oxygen atoms in total. The van der Waals surface area contributed by atoms with E-state index in [1.54, 1.807) is 0 Å². The van der Waals surface area contributed by atoms with Gasteiger partial charge in [0, 0.05) is 12.0 Å². The largest absolute Gasteiger partial charge is 0.458 e. The number of rotatable bonds is 9. The summed E-state index contributed by atoms with van der Waals surface area (Å²) in [5, 5.41) is 0.267. The van der Waals surface area contributed by atoms with E-state index in [9.17, 15) is 4.79 Å². The van der Waals surface area contributed by atoms with Crippen molar-refractivity contribution in [2.45, 2.75) is 123 Å². The van der Waals surface area contributed by atoms with Crippen molar-refractivity contribution in [1.82, 2.24) is 0 Å². The third kappa shape index (κ3) is 6.16. The normalized spacial score (nSPS) is 29.4. The molecule has 2 aliphatic carbocycles. The molecule has 0 radical (unpaired) electrons. The second-order valence-electron chi connectivity index (χ2n) is 13.1. The number of hydrogen-bond acceptors (Lipinski definition) is 3. The molecular formula is C30H50O3Si. The molecule has 2 saturated carbocycles. The van der Waals surface area contributed by atoms with Crippen molar-refractivity contribution in [3.8, 4) is 0 Å². The molecule has 3 rings (SSSR count). The van der Waals surface area contributed by atoms with Crippen LogP contribution in [0.3, 0.4) is 0 Å². The molecule has 0 unspecified atom stereocenters. The smallest absolute Gasteiger partial charge is 0.338 e. The lowest BCUT2D eigenvalue weighted by atomic mass is 9.61. The van der Waals surface area contributed by atoms with Crippen LogP contribution in [0, 0.1) is 23.2 Å². The van der Waals surface area contributed by atoms with Crippen LogP contribution in [0.2, 0.25) is 18.1 Å². The predicted octanol–water partition coefficient (Wildman–Crippen LogP) is 8.65. The lowest BCUT2D eigenvalue weighted by Crippen LogP contribution is -2.43. The van der Waals surface area contributed by atoms with Crippen LogP contribution in [0.4, 0.5) is 0 Å². The van der Waals surface area contributed by atoms with Crippen LogP contribution in [0.1, 0.15) is 103 Å². The maximum absolute atomic E-state index is 12.8. The summed E-state index contributed by atoms with van der Waals surface area (Å²) in [6, 6.07) is 9.48. The first-order valence-electron chi connectivity index (χ1n) is 13.8. The van der Waals surface area contributed by atoms with Crippen LogP contribution in [0.5, 0.6) is 0 Å². The number of esters is 1. The Morgan fingerprint density at radius 3 is 2.41 bits per heavy atom. The molecule has 1 aromatic carbocycles. The summed E-state index contributed by atoms with van der Waals surface area (Å²) >= 11 is 0. The number of benzene rings is 1. The van der Waals surface area contributed by atoms with Gasteiger partial charge in [-0.05, 0) is 93.0 Å². The summed E-state index contributed by atoms with van der Waals surface area (Å²) in [5.41, 5.74) is 0.967. The monoisotopic (exact) mass is 486 g/mol. The van der Waals surface area contributed by atoms with Gasteiger partial charge in [-0.25, -0.2) is 4.79 Å². The van der Waals surface area contributed by atoms with E-state index in [2.05, 4.69) is 54.6 Å². The van der Waals surface area contributed by atoms with Crippen molar-refractivity contribution in [1.29, 1.82) is 0 Å². The van der Waals surface area contributed by atoms with Gasteiger partial charge in [0.2, 0.25) is 0 Å². The second kappa shape index (κ2) is 10.9. The van der Waals surface area contributed by atoms with Crippen LogP contribution in [0.15, 0.2) is 30.3 Å². The van der Waals surface area contributed by atoms with E-state index < -0.39 is 8.32 Å². The number of ether oxygens (including phenoxy) is 1. The molecule has 192 valence electrons. The summed E-state index contributed by atoms with van der Waals surface area (Å²) in [7, 11) is -1.69. The zero-order valence-electron chi connectivity index (χ0n) is 23.2. The van der Waals surface area contributed by atoms with Gasteiger partial charge in [-0.3, -0.25) is 0 Å². The van der Waals surface area contributed by atoms with Gasteiger partial charge >= 0.3 is 5.97 Å². The van der Waals surface area contributed by atoms with E-state index in [0.29, 0.717) is 28.9 Å². The highest BCUT2D eigenvalue weighted by atomic mass is 28.4. The third-order valence-corrected chi connectivity index (χ3v) is 14.3. The SMILES string of the molecule is C[C@H](CCC[C@H](C)O[Si](C)(C)C(C)(C)C)[C@H]1CC[C@H]2[C@@H](OC(=O)c3ccccc3)CCC[C@]12C. The fourth-order valence-corrected chi connectivity index (χ4v) is 8.16. The second-order valence-corrected chi connectivity index (χ2v) is 17.9. The zero-order valence-corrected chi connectivity index (χ0v) is 24.2. The van der Waals surface area contributed by atoms with Gasteiger partial charge in [0.15, 0.2) is 8.32 Å². The molecular weight excluding hydrogens is 436 g/mol. The highest BCUT2D eigenvalue weighted by Gasteiger charge is 2.53. The number of carbonyl (C=O) groups excluding carboxylic acids is 1. The van der Waals surface area contributed by atoms with Crippen molar-refractivity contribution >= 4 is 14.3 Å². The van der Waals surface area contributed by atoms with Gasteiger partial charge in [0.1, 0.15) is 6.10 Å². The topological polar surface area (TPSA) is 35.5 Å². The first-order chi connectivity index (χ1) is 15.8. The number of hydrogen-bond donors (Lipinski definition) is 0. The summed E-state index contributed by atoms with van der Waals surface area (Å²) in [4.78, 5) is 12.8. The molecule has 2 aliphatic rings. The lowest BCUT2D eigenvalue weighted by molar-refractivity contribution is -0.0473. The Morgan fingerprint density at radius 2 is 1.76 bits per heavy atom. The molecule has 2 fully saturated rings. The minimum absolute atomic E-state index is 0.0710. The van der Waals surface area contributed by atoms with Gasteiger partial charge in [-0.15, -0.1) is 0 Å². The van der Waals surface area contributed by atoms with Crippen molar-refractivity contribution in [2.75, 3.05) is 0 Å². The highest BCUT2D eigenvalue weighted by Crippen LogP contribution is 2.59. The average molecular weight is 487 g/mol. The van der Waals surface area contributed by atoms with Gasteiger partial charge < -0.3 is 9.16 Å². The van der Waals surface area contributed by atoms with E-state index >= 15 is 0 Å². The third-order valence-electron chi connectivity index (χ3n) is 9.66. The van der Waals surface area contributed by atoms with E-state index in [0.717, 1.165) is 18.8 Å². The highest BCUT2D eigenvalue weighted by molar-refractivity contribution is 6.74. The van der Waals surface area contributed by atoms with Crippen LogP contribution < -0.4 is 0 Å². The molecule has 34 heavy (non-hydrogen) atoms. The fraction of sp³-hybridized carbons (Fsp3) is 0.767. The van der Waals surface area contributed by atoms with Gasteiger partial charge in [-0.2, -0.15) is 0 Å². The van der Waals surface area contributed by atoms with Gasteiger partial charge in [0.05, 0.1) is 5.56 Å². The van der Waals surface area contributed by atoms with Gasteiger partial charge in [0.25, 0.3) is 0 Å². The minimum atomic E-state index is -1.69. The maximum Gasteiger partial charge on any atom is 0.338 e. The van der Waals surface area contributed by atoms with Crippen LogP contribution in [0.25, 0.3) is 0 Å². The Labute approximate surface area is 210 Å². The number of carbonyl (C=O) groups is 1. The van der Waals surface area contributed by atoms with Crippen molar-refractivity contribution < 1.29 is 14.0 Å². The molecule has 1 aromatic rings. The molecule has 0 N–H and O–H groups in total. The minimum Gasteiger partial charge on any atom is -0.458 e. The molecule has 0 saturated heterocycles. The zero-order chi connectivity index (χ0) is 25.1. The average Bonchev–Trinajstić information content (AvgIpc) is 3.11. The molecule has 0 aromatic heterocycles. The Kier molecular flexibility index (Phi) is 8.77. The van der Waals surface area contributed by atoms with E-state index in [-0.39, 0.29) is 17.1 Å². The maximum atomic E-state index is 12.8. The molecule has 0 heterocycles. The van der Waals surface area contributed by atoms with Gasteiger partial charge in [-0.1, -0.05) is 65.7 Å². The van der Waals surface area contributed by atoms with E-state index in [1.165, 1.54) is 38.5 Å². The molecule has 4 heteroatoms. The molecule has 6 atom stereocenters. The summed E-state index contributed by atoms with van der Waals surface area (Å²) in [5.74, 6) is 1.79. The fourth-order valence-electron chi connectivity index (χ4n) is 6.68.